The first-order valence-corrected chi connectivity index (χ1v) is 7.17. The molecule has 1 fully saturated rings. The van der Waals surface area contributed by atoms with Crippen LogP contribution in [0.3, 0.4) is 0 Å². The molecule has 0 unspecified atom stereocenters. The molecule has 0 radical (unpaired) electrons. The summed E-state index contributed by atoms with van der Waals surface area (Å²) in [7, 11) is 8.03. The molecule has 0 atom stereocenters. The van der Waals surface area contributed by atoms with Gasteiger partial charge in [-0.2, -0.15) is 0 Å². The van der Waals surface area contributed by atoms with Gasteiger partial charge in [0.2, 0.25) is 0 Å². The Kier molecular flexibility index (Phi) is 7.28. The van der Waals surface area contributed by atoms with E-state index < -0.39 is 0 Å². The fourth-order valence-corrected chi connectivity index (χ4v) is 2.11. The van der Waals surface area contributed by atoms with Gasteiger partial charge in [-0.25, -0.2) is 4.99 Å². The first kappa shape index (κ1) is 18.1. The molecule has 1 aliphatic rings. The quantitative estimate of drug-likeness (QED) is 0.430. The minimum absolute atomic E-state index is 0. The minimum atomic E-state index is 0. The van der Waals surface area contributed by atoms with E-state index in [1.54, 1.807) is 0 Å². The Morgan fingerprint density at radius 2 is 1.76 bits per heavy atom. The number of rotatable bonds is 5. The molecule has 0 saturated heterocycles. The summed E-state index contributed by atoms with van der Waals surface area (Å²) in [6.45, 7) is 1.49. The molecule has 1 aromatic rings. The van der Waals surface area contributed by atoms with Gasteiger partial charge in [-0.15, -0.1) is 24.0 Å². The Balaban J connectivity index is 0.00000220. The lowest BCUT2D eigenvalue weighted by molar-refractivity contribution is 0.297. The third-order valence-corrected chi connectivity index (χ3v) is 3.33. The second-order valence-corrected chi connectivity index (χ2v) is 5.77. The molecule has 0 heterocycles. The van der Waals surface area contributed by atoms with Gasteiger partial charge < -0.3 is 14.5 Å². The third kappa shape index (κ3) is 5.73. The van der Waals surface area contributed by atoms with E-state index in [0.717, 1.165) is 29.8 Å². The van der Waals surface area contributed by atoms with Crippen molar-refractivity contribution in [3.8, 4) is 5.75 Å². The molecule has 4 nitrogen and oxygen atoms in total. The van der Waals surface area contributed by atoms with Crippen LogP contribution in [0.5, 0.6) is 5.75 Å². The summed E-state index contributed by atoms with van der Waals surface area (Å²) >= 11 is 0. The Hall–Kier alpha value is -0.980. The Bertz CT molecular complexity index is 460. The number of halogens is 1. The van der Waals surface area contributed by atoms with E-state index in [9.17, 15) is 0 Å². The maximum atomic E-state index is 5.92. The van der Waals surface area contributed by atoms with Crippen LogP contribution in [0.4, 0.5) is 0 Å². The zero-order valence-corrected chi connectivity index (χ0v) is 15.7. The second kappa shape index (κ2) is 8.46. The number of aliphatic imine (C=N–C) groups is 1. The SMILES string of the molecule is CN(C)C(=NCc1ccccc1OCC1CC1)N(C)C.I. The molecule has 1 saturated carbocycles. The average molecular weight is 403 g/mol. The fourth-order valence-electron chi connectivity index (χ4n) is 2.11. The number of guanidine groups is 1. The molecule has 0 spiro atoms. The number of nitrogens with zero attached hydrogens (tertiary/aromatic N) is 3. The van der Waals surface area contributed by atoms with Gasteiger partial charge in [-0.1, -0.05) is 18.2 Å². The lowest BCUT2D eigenvalue weighted by Crippen LogP contribution is -2.35. The number of ether oxygens (including phenoxy) is 1. The zero-order valence-electron chi connectivity index (χ0n) is 13.4. The third-order valence-electron chi connectivity index (χ3n) is 3.33. The molecule has 1 aromatic carbocycles. The number of hydrogen-bond acceptors (Lipinski definition) is 2. The zero-order chi connectivity index (χ0) is 14.5. The normalized spacial score (nSPS) is 13.1. The number of hydrogen-bond donors (Lipinski definition) is 0. The van der Waals surface area contributed by atoms with E-state index in [-0.39, 0.29) is 24.0 Å². The predicted octanol–water partition coefficient (Wildman–Crippen LogP) is 3.07. The smallest absolute Gasteiger partial charge is 0.195 e. The molecule has 0 amide bonds. The summed E-state index contributed by atoms with van der Waals surface area (Å²) in [6.07, 6.45) is 2.62. The average Bonchev–Trinajstić information content (AvgIpc) is 3.21. The van der Waals surface area contributed by atoms with Crippen LogP contribution in [-0.4, -0.2) is 50.6 Å². The highest BCUT2D eigenvalue weighted by molar-refractivity contribution is 14.0. The fraction of sp³-hybridized carbons (Fsp3) is 0.562. The van der Waals surface area contributed by atoms with Crippen LogP contribution in [0.15, 0.2) is 29.3 Å². The van der Waals surface area contributed by atoms with E-state index in [2.05, 4.69) is 11.1 Å². The predicted molar refractivity (Wildman–Crippen MR) is 98.6 cm³/mol. The van der Waals surface area contributed by atoms with Crippen LogP contribution in [0.1, 0.15) is 18.4 Å². The molecule has 118 valence electrons. The van der Waals surface area contributed by atoms with Crippen molar-refractivity contribution in [3.05, 3.63) is 29.8 Å². The molecule has 0 N–H and O–H groups in total. The molecule has 2 rings (SSSR count). The summed E-state index contributed by atoms with van der Waals surface area (Å²) in [5, 5.41) is 0. The Labute approximate surface area is 145 Å². The largest absolute Gasteiger partial charge is 0.493 e. The molecule has 1 aliphatic carbocycles. The first-order valence-electron chi connectivity index (χ1n) is 7.17. The first-order chi connectivity index (χ1) is 9.58. The van der Waals surface area contributed by atoms with Crippen LogP contribution in [0, 0.1) is 5.92 Å². The van der Waals surface area contributed by atoms with Crippen molar-refractivity contribution in [2.24, 2.45) is 10.9 Å². The van der Waals surface area contributed by atoms with E-state index in [0.29, 0.717) is 6.54 Å². The molecule has 0 aromatic heterocycles. The summed E-state index contributed by atoms with van der Waals surface area (Å²) in [5.41, 5.74) is 1.15. The van der Waals surface area contributed by atoms with Crippen LogP contribution in [-0.2, 0) is 6.54 Å². The second-order valence-electron chi connectivity index (χ2n) is 5.77. The highest BCUT2D eigenvalue weighted by Crippen LogP contribution is 2.30. The molecule has 21 heavy (non-hydrogen) atoms. The van der Waals surface area contributed by atoms with Gasteiger partial charge in [-0.05, 0) is 24.8 Å². The topological polar surface area (TPSA) is 28.1 Å². The maximum Gasteiger partial charge on any atom is 0.195 e. The number of benzene rings is 1. The van der Waals surface area contributed by atoms with Crippen LogP contribution < -0.4 is 4.74 Å². The molecule has 0 aliphatic heterocycles. The molecular formula is C16H26IN3O. The minimum Gasteiger partial charge on any atom is -0.493 e. The van der Waals surface area contributed by atoms with Gasteiger partial charge >= 0.3 is 0 Å². The summed E-state index contributed by atoms with van der Waals surface area (Å²) < 4.78 is 5.92. The van der Waals surface area contributed by atoms with Gasteiger partial charge in [0.1, 0.15) is 5.75 Å². The summed E-state index contributed by atoms with van der Waals surface area (Å²) in [5.74, 6) is 2.70. The maximum absolute atomic E-state index is 5.92. The van der Waals surface area contributed by atoms with E-state index >= 15 is 0 Å². The monoisotopic (exact) mass is 403 g/mol. The van der Waals surface area contributed by atoms with E-state index in [1.807, 2.05) is 56.2 Å². The van der Waals surface area contributed by atoms with Gasteiger partial charge in [0.25, 0.3) is 0 Å². The lowest BCUT2D eigenvalue weighted by Gasteiger charge is -2.22. The van der Waals surface area contributed by atoms with Gasteiger partial charge in [0.05, 0.1) is 13.2 Å². The molecule has 5 heteroatoms. The van der Waals surface area contributed by atoms with E-state index in [4.69, 9.17) is 4.74 Å². The van der Waals surface area contributed by atoms with Crippen molar-refractivity contribution >= 4 is 29.9 Å². The van der Waals surface area contributed by atoms with Crippen LogP contribution >= 0.6 is 24.0 Å². The van der Waals surface area contributed by atoms with Crippen LogP contribution in [0.25, 0.3) is 0 Å². The van der Waals surface area contributed by atoms with Gasteiger partial charge in [-0.3, -0.25) is 0 Å². The van der Waals surface area contributed by atoms with Crippen molar-refractivity contribution in [1.29, 1.82) is 0 Å². The van der Waals surface area contributed by atoms with Crippen LogP contribution in [0.2, 0.25) is 0 Å². The van der Waals surface area contributed by atoms with Crippen molar-refractivity contribution < 1.29 is 4.74 Å². The lowest BCUT2D eigenvalue weighted by atomic mass is 10.2. The highest BCUT2D eigenvalue weighted by Gasteiger charge is 2.22. The molecule has 0 bridgehead atoms. The Morgan fingerprint density at radius 1 is 1.14 bits per heavy atom. The van der Waals surface area contributed by atoms with Gasteiger partial charge in [0, 0.05) is 33.8 Å². The van der Waals surface area contributed by atoms with E-state index in [1.165, 1.54) is 12.8 Å². The van der Waals surface area contributed by atoms with Crippen molar-refractivity contribution in [3.63, 3.8) is 0 Å². The highest BCUT2D eigenvalue weighted by atomic mass is 127. The molecular weight excluding hydrogens is 377 g/mol. The number of para-hydroxylation sites is 1. The standard InChI is InChI=1S/C16H25N3O.HI/c1-18(2)16(19(3)4)17-11-14-7-5-6-8-15(14)20-12-13-9-10-13;/h5-8,13H,9-12H2,1-4H3;1H. The summed E-state index contributed by atoms with van der Waals surface area (Å²) in [6, 6.07) is 8.20. The van der Waals surface area contributed by atoms with Gasteiger partial charge in [0.15, 0.2) is 5.96 Å². The Morgan fingerprint density at radius 3 is 2.33 bits per heavy atom. The summed E-state index contributed by atoms with van der Waals surface area (Å²) in [4.78, 5) is 8.73. The van der Waals surface area contributed by atoms with Crippen molar-refractivity contribution in [1.82, 2.24) is 9.80 Å². The van der Waals surface area contributed by atoms with Crippen molar-refractivity contribution in [2.45, 2.75) is 19.4 Å². The van der Waals surface area contributed by atoms with Crippen molar-refractivity contribution in [2.75, 3.05) is 34.8 Å².